The number of aromatic carboxylic acids is 1. The highest BCUT2D eigenvalue weighted by atomic mass is 79.9. The summed E-state index contributed by atoms with van der Waals surface area (Å²) in [5, 5.41) is 11.9. The van der Waals surface area contributed by atoms with Gasteiger partial charge in [-0.1, -0.05) is 29.3 Å². The van der Waals surface area contributed by atoms with E-state index in [1.54, 1.807) is 6.07 Å². The zero-order valence-electron chi connectivity index (χ0n) is 10.7. The number of hydrogen-bond acceptors (Lipinski definition) is 2. The number of carboxylic acid groups (broad SMARTS) is 1. The molecule has 1 saturated carbocycles. The van der Waals surface area contributed by atoms with E-state index in [4.69, 9.17) is 5.11 Å². The maximum Gasteiger partial charge on any atom is 0.335 e. The number of nitrogens with one attached hydrogen (secondary N) is 1. The van der Waals surface area contributed by atoms with Gasteiger partial charge in [0.25, 0.3) is 5.91 Å². The molecule has 0 atom stereocenters. The van der Waals surface area contributed by atoms with Gasteiger partial charge in [0.2, 0.25) is 0 Å². The monoisotopic (exact) mass is 325 g/mol. The normalized spacial score (nSPS) is 16.5. The molecule has 102 valence electrons. The zero-order chi connectivity index (χ0) is 14.0. The first-order chi connectivity index (χ1) is 8.89. The first-order valence-corrected chi connectivity index (χ1v) is 7.01. The van der Waals surface area contributed by atoms with Crippen molar-refractivity contribution in [2.45, 2.75) is 26.2 Å². The Balaban J connectivity index is 2.08. The van der Waals surface area contributed by atoms with E-state index in [0.29, 0.717) is 16.6 Å². The fraction of sp³-hybridized carbons (Fsp3) is 0.429. The van der Waals surface area contributed by atoms with E-state index in [0.717, 1.165) is 12.8 Å². The summed E-state index contributed by atoms with van der Waals surface area (Å²) in [5.41, 5.74) is 0.682. The highest BCUT2D eigenvalue weighted by Crippen LogP contribution is 2.39. The van der Waals surface area contributed by atoms with Gasteiger partial charge in [-0.3, -0.25) is 4.79 Å². The number of carbonyl (C=O) groups is 2. The molecule has 19 heavy (non-hydrogen) atoms. The Morgan fingerprint density at radius 1 is 1.32 bits per heavy atom. The van der Waals surface area contributed by atoms with Gasteiger partial charge in [0.1, 0.15) is 0 Å². The van der Waals surface area contributed by atoms with Gasteiger partial charge >= 0.3 is 5.97 Å². The van der Waals surface area contributed by atoms with Crippen LogP contribution in [0.5, 0.6) is 0 Å². The second-order valence-electron chi connectivity index (χ2n) is 5.38. The molecule has 0 bridgehead atoms. The van der Waals surface area contributed by atoms with E-state index in [1.165, 1.54) is 18.6 Å². The molecule has 1 aliphatic rings. The fourth-order valence-electron chi connectivity index (χ4n) is 2.20. The Morgan fingerprint density at radius 2 is 1.95 bits per heavy atom. The van der Waals surface area contributed by atoms with E-state index in [-0.39, 0.29) is 16.9 Å². The first-order valence-electron chi connectivity index (χ1n) is 6.22. The highest BCUT2D eigenvalue weighted by molar-refractivity contribution is 9.10. The Morgan fingerprint density at radius 3 is 2.47 bits per heavy atom. The molecule has 5 heteroatoms. The van der Waals surface area contributed by atoms with Gasteiger partial charge in [0, 0.05) is 16.6 Å². The summed E-state index contributed by atoms with van der Waals surface area (Å²) in [7, 11) is 0. The van der Waals surface area contributed by atoms with Crippen LogP contribution in [0.1, 0.15) is 46.9 Å². The third-order valence-electron chi connectivity index (χ3n) is 3.64. The van der Waals surface area contributed by atoms with Crippen LogP contribution in [-0.2, 0) is 0 Å². The molecule has 2 N–H and O–H groups in total. The Hall–Kier alpha value is -1.36. The summed E-state index contributed by atoms with van der Waals surface area (Å²) >= 11 is 3.22. The zero-order valence-corrected chi connectivity index (χ0v) is 12.3. The second kappa shape index (κ2) is 5.33. The second-order valence-corrected chi connectivity index (χ2v) is 6.30. The van der Waals surface area contributed by atoms with Gasteiger partial charge < -0.3 is 10.4 Å². The van der Waals surface area contributed by atoms with Gasteiger partial charge in [0.05, 0.1) is 5.56 Å². The largest absolute Gasteiger partial charge is 0.478 e. The van der Waals surface area contributed by atoms with Crippen molar-refractivity contribution in [1.82, 2.24) is 5.32 Å². The summed E-state index contributed by atoms with van der Waals surface area (Å²) in [5.74, 6) is -1.27. The molecule has 1 aromatic carbocycles. The number of hydrogen-bond donors (Lipinski definition) is 2. The standard InChI is InChI=1S/C14H16BrNO3/c1-14(3-2-4-14)8-16-12(17)9-5-10(13(18)19)7-11(15)6-9/h5-7H,2-4,8H2,1H3,(H,16,17)(H,18,19). The van der Waals surface area contributed by atoms with Crippen molar-refractivity contribution in [2.75, 3.05) is 6.54 Å². The topological polar surface area (TPSA) is 66.4 Å². The predicted molar refractivity (Wildman–Crippen MR) is 75.4 cm³/mol. The van der Waals surface area contributed by atoms with Crippen LogP contribution in [0.4, 0.5) is 0 Å². The minimum absolute atomic E-state index is 0.106. The molecule has 1 amide bonds. The van der Waals surface area contributed by atoms with Crippen LogP contribution in [0.15, 0.2) is 22.7 Å². The number of amides is 1. The van der Waals surface area contributed by atoms with Crippen molar-refractivity contribution in [3.8, 4) is 0 Å². The van der Waals surface area contributed by atoms with Crippen molar-refractivity contribution in [3.05, 3.63) is 33.8 Å². The van der Waals surface area contributed by atoms with E-state index in [1.807, 2.05) is 0 Å². The molecule has 2 rings (SSSR count). The van der Waals surface area contributed by atoms with Gasteiger partial charge in [-0.25, -0.2) is 4.79 Å². The predicted octanol–water partition coefficient (Wildman–Crippen LogP) is 3.07. The highest BCUT2D eigenvalue weighted by Gasteiger charge is 2.31. The SMILES string of the molecule is CC1(CNC(=O)c2cc(Br)cc(C(=O)O)c2)CCC1. The Labute approximate surface area is 120 Å². The molecule has 0 aliphatic heterocycles. The molecule has 1 aliphatic carbocycles. The van der Waals surface area contributed by atoms with Crippen LogP contribution in [0.25, 0.3) is 0 Å². The molecule has 1 fully saturated rings. The fourth-order valence-corrected chi connectivity index (χ4v) is 2.69. The first kappa shape index (κ1) is 14.1. The van der Waals surface area contributed by atoms with Crippen LogP contribution in [0, 0.1) is 5.41 Å². The van der Waals surface area contributed by atoms with Crippen molar-refractivity contribution in [2.24, 2.45) is 5.41 Å². The van der Waals surface area contributed by atoms with Crippen molar-refractivity contribution in [3.63, 3.8) is 0 Å². The van der Waals surface area contributed by atoms with Crippen LogP contribution in [0.3, 0.4) is 0 Å². The van der Waals surface area contributed by atoms with Crippen LogP contribution >= 0.6 is 15.9 Å². The number of halogens is 1. The molecule has 0 heterocycles. The molecule has 4 nitrogen and oxygen atoms in total. The number of carboxylic acids is 1. The lowest BCUT2D eigenvalue weighted by Gasteiger charge is -2.38. The minimum atomic E-state index is -1.04. The smallest absolute Gasteiger partial charge is 0.335 e. The average Bonchev–Trinajstić information content (AvgIpc) is 2.32. The summed E-state index contributed by atoms with van der Waals surface area (Å²) < 4.78 is 0.590. The lowest BCUT2D eigenvalue weighted by Crippen LogP contribution is -2.39. The third kappa shape index (κ3) is 3.35. The van der Waals surface area contributed by atoms with Crippen LogP contribution in [0.2, 0.25) is 0 Å². The van der Waals surface area contributed by atoms with Crippen molar-refractivity contribution >= 4 is 27.8 Å². The Kier molecular flexibility index (Phi) is 3.94. The van der Waals surface area contributed by atoms with Gasteiger partial charge in [-0.15, -0.1) is 0 Å². The van der Waals surface area contributed by atoms with Crippen LogP contribution in [-0.4, -0.2) is 23.5 Å². The molecule has 0 saturated heterocycles. The quantitative estimate of drug-likeness (QED) is 0.894. The summed E-state index contributed by atoms with van der Waals surface area (Å²) in [4.78, 5) is 23.0. The minimum Gasteiger partial charge on any atom is -0.478 e. The average molecular weight is 326 g/mol. The molecule has 0 aromatic heterocycles. The number of benzene rings is 1. The van der Waals surface area contributed by atoms with Crippen molar-refractivity contribution < 1.29 is 14.7 Å². The maximum atomic E-state index is 12.0. The molecule has 0 unspecified atom stereocenters. The van der Waals surface area contributed by atoms with E-state index >= 15 is 0 Å². The lowest BCUT2D eigenvalue weighted by atomic mass is 9.70. The van der Waals surface area contributed by atoms with Crippen LogP contribution < -0.4 is 5.32 Å². The number of rotatable bonds is 4. The molecule has 0 spiro atoms. The Bertz CT molecular complexity index is 523. The number of carbonyl (C=O) groups excluding carboxylic acids is 1. The van der Waals surface area contributed by atoms with Gasteiger partial charge in [-0.05, 0) is 36.5 Å². The third-order valence-corrected chi connectivity index (χ3v) is 4.10. The lowest BCUT2D eigenvalue weighted by molar-refractivity contribution is 0.0697. The molecular formula is C14H16BrNO3. The molecular weight excluding hydrogens is 310 g/mol. The van der Waals surface area contributed by atoms with E-state index < -0.39 is 5.97 Å². The summed E-state index contributed by atoms with van der Waals surface area (Å²) in [6.07, 6.45) is 3.48. The van der Waals surface area contributed by atoms with Gasteiger partial charge in [0.15, 0.2) is 0 Å². The van der Waals surface area contributed by atoms with Gasteiger partial charge in [-0.2, -0.15) is 0 Å². The summed E-state index contributed by atoms with van der Waals surface area (Å²) in [6.45, 7) is 2.79. The van der Waals surface area contributed by atoms with E-state index in [9.17, 15) is 9.59 Å². The maximum absolute atomic E-state index is 12.0. The van der Waals surface area contributed by atoms with E-state index in [2.05, 4.69) is 28.2 Å². The summed E-state index contributed by atoms with van der Waals surface area (Å²) in [6, 6.07) is 4.50. The van der Waals surface area contributed by atoms with Crippen molar-refractivity contribution in [1.29, 1.82) is 0 Å². The molecule has 1 aromatic rings. The molecule has 0 radical (unpaired) electrons.